The smallest absolute Gasteiger partial charge is 0.0991 e. The molecule has 0 N–H and O–H groups in total. The highest BCUT2D eigenvalue weighted by Crippen LogP contribution is 2.04. The lowest BCUT2D eigenvalue weighted by molar-refractivity contribution is 1.48. The number of hydrogen-bond donors (Lipinski definition) is 0. The first-order valence-corrected chi connectivity index (χ1v) is 9.50. The van der Waals surface area contributed by atoms with E-state index >= 15 is 0 Å². The molecule has 0 heterocycles. The quantitative estimate of drug-likeness (QED) is 0.363. The molecule has 2 nitrogen and oxygen atoms in total. The lowest BCUT2D eigenvalue weighted by Gasteiger charge is -1.89. The van der Waals surface area contributed by atoms with E-state index in [1.807, 2.05) is 97.1 Å². The van der Waals surface area contributed by atoms with Crippen LogP contribution in [0.3, 0.4) is 0 Å². The summed E-state index contributed by atoms with van der Waals surface area (Å²) in [7, 11) is 0. The van der Waals surface area contributed by atoms with E-state index in [-0.39, 0.29) is 0 Å². The van der Waals surface area contributed by atoms with Crippen molar-refractivity contribution in [3.05, 3.63) is 144 Å². The van der Waals surface area contributed by atoms with Gasteiger partial charge in [0.2, 0.25) is 0 Å². The summed E-state index contributed by atoms with van der Waals surface area (Å²) in [5.74, 6) is 0. The van der Waals surface area contributed by atoms with Crippen LogP contribution in [0.4, 0.5) is 0 Å². The summed E-state index contributed by atoms with van der Waals surface area (Å²) in [5, 5.41) is 18.5. The minimum atomic E-state index is 0.466. The Bertz CT molecular complexity index is 989. The van der Waals surface area contributed by atoms with Gasteiger partial charge in [0, 0.05) is 0 Å². The Morgan fingerprint density at radius 3 is 1.30 bits per heavy atom. The predicted octanol–water partition coefficient (Wildman–Crippen LogP) is 6.98. The molecule has 144 valence electrons. The molecule has 0 radical (unpaired) electrons. The Labute approximate surface area is 178 Å². The van der Waals surface area contributed by atoms with E-state index in [1.54, 1.807) is 36.5 Å². The van der Waals surface area contributed by atoms with Crippen LogP contribution in [0.1, 0.15) is 11.1 Å². The summed E-state index contributed by atoms with van der Waals surface area (Å²) < 4.78 is 0. The molecule has 30 heavy (non-hydrogen) atoms. The molecule has 2 aromatic carbocycles. The SMILES string of the molecule is N#CC(=C\C=C\C=C\c1ccccc1)/C=C/C(C#N)=C\C=C\C=C\c1ccccc1. The fraction of sp³-hybridized carbons (Fsp3) is 0. The van der Waals surface area contributed by atoms with Gasteiger partial charge in [-0.3, -0.25) is 0 Å². The summed E-state index contributed by atoms with van der Waals surface area (Å²) in [5.41, 5.74) is 3.16. The second kappa shape index (κ2) is 13.7. The normalized spacial score (nSPS) is 13.0. The van der Waals surface area contributed by atoms with Gasteiger partial charge in [0.15, 0.2) is 0 Å². The minimum Gasteiger partial charge on any atom is -0.192 e. The largest absolute Gasteiger partial charge is 0.192 e. The van der Waals surface area contributed by atoms with Crippen molar-refractivity contribution in [3.63, 3.8) is 0 Å². The minimum absolute atomic E-state index is 0.466. The van der Waals surface area contributed by atoms with Crippen LogP contribution in [0.2, 0.25) is 0 Å². The lowest BCUT2D eigenvalue weighted by atomic mass is 10.1. The molecule has 0 spiro atoms. The van der Waals surface area contributed by atoms with Crippen LogP contribution in [0.25, 0.3) is 12.2 Å². The van der Waals surface area contributed by atoms with E-state index in [2.05, 4.69) is 12.1 Å². The third-order valence-corrected chi connectivity index (χ3v) is 3.87. The first kappa shape index (κ1) is 21.9. The second-order valence-corrected chi connectivity index (χ2v) is 6.11. The van der Waals surface area contributed by atoms with E-state index < -0.39 is 0 Å². The monoisotopic (exact) mass is 386 g/mol. The molecule has 0 amide bonds. The summed E-state index contributed by atoms with van der Waals surface area (Å²) >= 11 is 0. The standard InChI is InChI=1S/C28H22N2/c29-23-27(19-11-3-9-17-25-13-5-1-6-14-25)21-22-28(24-30)20-12-4-10-18-26-15-7-2-8-16-26/h1-22H/b11-3+,12-4+,17-9+,18-10+,22-21+,27-19-,28-20+. The summed E-state index contributed by atoms with van der Waals surface area (Å²) in [6.45, 7) is 0. The average molecular weight is 386 g/mol. The third-order valence-electron chi connectivity index (χ3n) is 3.87. The van der Waals surface area contributed by atoms with Gasteiger partial charge in [-0.25, -0.2) is 0 Å². The zero-order chi connectivity index (χ0) is 21.3. The van der Waals surface area contributed by atoms with E-state index in [9.17, 15) is 10.5 Å². The van der Waals surface area contributed by atoms with Crippen molar-refractivity contribution in [2.75, 3.05) is 0 Å². The number of nitrogens with zero attached hydrogens (tertiary/aromatic N) is 2. The molecule has 0 aromatic heterocycles. The van der Waals surface area contributed by atoms with E-state index in [0.717, 1.165) is 11.1 Å². The van der Waals surface area contributed by atoms with Crippen LogP contribution >= 0.6 is 0 Å². The maximum Gasteiger partial charge on any atom is 0.0991 e. The molecule has 0 atom stereocenters. The molecule has 0 unspecified atom stereocenters. The number of allylic oxidation sites excluding steroid dienone is 12. The Morgan fingerprint density at radius 1 is 0.533 bits per heavy atom. The number of benzene rings is 2. The lowest BCUT2D eigenvalue weighted by Crippen LogP contribution is -1.74. The van der Waals surface area contributed by atoms with Crippen LogP contribution < -0.4 is 0 Å². The Hall–Kier alpha value is -4.40. The molecule has 2 rings (SSSR count). The topological polar surface area (TPSA) is 47.6 Å². The molecule has 0 saturated heterocycles. The van der Waals surface area contributed by atoms with E-state index in [4.69, 9.17) is 0 Å². The molecular weight excluding hydrogens is 364 g/mol. The van der Waals surface area contributed by atoms with Crippen LogP contribution in [0.15, 0.2) is 133 Å². The van der Waals surface area contributed by atoms with Crippen molar-refractivity contribution in [2.45, 2.75) is 0 Å². The molecule has 0 bridgehead atoms. The molecule has 2 aromatic rings. The highest BCUT2D eigenvalue weighted by Gasteiger charge is 1.90. The molecule has 0 aliphatic carbocycles. The number of nitriles is 2. The van der Waals surface area contributed by atoms with Gasteiger partial charge < -0.3 is 0 Å². The predicted molar refractivity (Wildman–Crippen MR) is 126 cm³/mol. The highest BCUT2D eigenvalue weighted by molar-refractivity contribution is 5.52. The molecule has 2 heteroatoms. The van der Waals surface area contributed by atoms with Gasteiger partial charge in [-0.2, -0.15) is 10.5 Å². The van der Waals surface area contributed by atoms with Gasteiger partial charge in [-0.15, -0.1) is 0 Å². The van der Waals surface area contributed by atoms with Crippen LogP contribution in [0.5, 0.6) is 0 Å². The first-order chi connectivity index (χ1) is 14.8. The Morgan fingerprint density at radius 2 is 0.933 bits per heavy atom. The Balaban J connectivity index is 1.92. The van der Waals surface area contributed by atoms with Gasteiger partial charge in [-0.05, 0) is 35.4 Å². The maximum atomic E-state index is 9.25. The Kier molecular flexibility index (Phi) is 10.0. The van der Waals surface area contributed by atoms with Gasteiger partial charge >= 0.3 is 0 Å². The van der Waals surface area contributed by atoms with Crippen molar-refractivity contribution in [2.24, 2.45) is 0 Å². The summed E-state index contributed by atoms with van der Waals surface area (Å²) in [6, 6.07) is 24.2. The zero-order valence-corrected chi connectivity index (χ0v) is 16.6. The number of hydrogen-bond acceptors (Lipinski definition) is 2. The van der Waals surface area contributed by atoms with Crippen molar-refractivity contribution in [1.29, 1.82) is 10.5 Å². The van der Waals surface area contributed by atoms with E-state index in [0.29, 0.717) is 11.1 Å². The fourth-order valence-corrected chi connectivity index (χ4v) is 2.35. The fourth-order valence-electron chi connectivity index (χ4n) is 2.35. The van der Waals surface area contributed by atoms with Gasteiger partial charge in [-0.1, -0.05) is 109 Å². The highest BCUT2D eigenvalue weighted by atomic mass is 14.2. The van der Waals surface area contributed by atoms with Crippen molar-refractivity contribution in [3.8, 4) is 12.1 Å². The third kappa shape index (κ3) is 9.00. The first-order valence-electron chi connectivity index (χ1n) is 9.50. The van der Waals surface area contributed by atoms with Crippen LogP contribution in [0, 0.1) is 22.7 Å². The molecular formula is C28H22N2. The number of rotatable bonds is 8. The molecule has 0 aliphatic heterocycles. The molecule has 0 fully saturated rings. The molecule has 0 aliphatic rings. The zero-order valence-electron chi connectivity index (χ0n) is 16.6. The van der Waals surface area contributed by atoms with Crippen molar-refractivity contribution < 1.29 is 0 Å². The van der Waals surface area contributed by atoms with Crippen molar-refractivity contribution in [1.82, 2.24) is 0 Å². The van der Waals surface area contributed by atoms with E-state index in [1.165, 1.54) is 0 Å². The molecule has 0 saturated carbocycles. The second-order valence-electron chi connectivity index (χ2n) is 6.11. The maximum absolute atomic E-state index is 9.25. The van der Waals surface area contributed by atoms with Crippen LogP contribution in [-0.4, -0.2) is 0 Å². The van der Waals surface area contributed by atoms with Gasteiger partial charge in [0.05, 0.1) is 23.3 Å². The summed E-state index contributed by atoms with van der Waals surface area (Å²) in [4.78, 5) is 0. The van der Waals surface area contributed by atoms with Crippen molar-refractivity contribution >= 4 is 12.2 Å². The average Bonchev–Trinajstić information content (AvgIpc) is 2.80. The van der Waals surface area contributed by atoms with Gasteiger partial charge in [0.25, 0.3) is 0 Å². The van der Waals surface area contributed by atoms with Gasteiger partial charge in [0.1, 0.15) is 0 Å². The summed E-state index contributed by atoms with van der Waals surface area (Å²) in [6.07, 6.45) is 21.8. The van der Waals surface area contributed by atoms with Crippen LogP contribution in [-0.2, 0) is 0 Å².